The van der Waals surface area contributed by atoms with Crippen LogP contribution >= 0.6 is 0 Å². The lowest BCUT2D eigenvalue weighted by Gasteiger charge is -2.26. The van der Waals surface area contributed by atoms with Crippen LogP contribution in [-0.2, 0) is 6.42 Å². The van der Waals surface area contributed by atoms with Gasteiger partial charge in [-0.1, -0.05) is 103 Å². The summed E-state index contributed by atoms with van der Waals surface area (Å²) in [6.07, 6.45) is 0.915. The minimum Gasteiger partial charge on any atom is -0.310 e. The second kappa shape index (κ2) is 10.6. The number of hydrogen-bond acceptors (Lipinski definition) is 1. The minimum absolute atomic E-state index is 0.915. The Morgan fingerprint density at radius 2 is 1.15 bits per heavy atom. The lowest BCUT2D eigenvalue weighted by molar-refractivity contribution is 1.15. The van der Waals surface area contributed by atoms with Crippen molar-refractivity contribution < 1.29 is 0 Å². The van der Waals surface area contributed by atoms with Crippen molar-refractivity contribution in [2.24, 2.45) is 0 Å². The largest absolute Gasteiger partial charge is 0.310 e. The van der Waals surface area contributed by atoms with Gasteiger partial charge in [-0.3, -0.25) is 0 Å². The van der Waals surface area contributed by atoms with E-state index in [2.05, 4.69) is 180 Å². The number of benzene rings is 7. The van der Waals surface area contributed by atoms with Gasteiger partial charge < -0.3 is 9.47 Å². The molecule has 0 bridgehead atoms. The van der Waals surface area contributed by atoms with Crippen molar-refractivity contribution in [2.45, 2.75) is 13.3 Å². The highest BCUT2D eigenvalue weighted by molar-refractivity contribution is 6.15. The number of anilines is 3. The molecule has 1 aromatic heterocycles. The first-order valence-corrected chi connectivity index (χ1v) is 16.0. The molecule has 2 heteroatoms. The van der Waals surface area contributed by atoms with E-state index in [4.69, 9.17) is 0 Å². The molecule has 0 radical (unpaired) electrons. The van der Waals surface area contributed by atoms with Crippen LogP contribution in [0.5, 0.6) is 0 Å². The van der Waals surface area contributed by atoms with E-state index in [9.17, 15) is 0 Å². The van der Waals surface area contributed by atoms with Crippen molar-refractivity contribution in [2.75, 3.05) is 4.90 Å². The third-order valence-corrected chi connectivity index (χ3v) is 9.39. The predicted molar refractivity (Wildman–Crippen MR) is 194 cm³/mol. The molecule has 0 amide bonds. The third kappa shape index (κ3) is 4.18. The van der Waals surface area contributed by atoms with Crippen molar-refractivity contribution in [3.63, 3.8) is 0 Å². The molecule has 2 nitrogen and oxygen atoms in total. The fraction of sp³-hybridized carbons (Fsp3) is 0.0455. The number of nitrogens with zero attached hydrogens (tertiary/aromatic N) is 2. The molecule has 46 heavy (non-hydrogen) atoms. The topological polar surface area (TPSA) is 8.17 Å². The Morgan fingerprint density at radius 3 is 1.89 bits per heavy atom. The van der Waals surface area contributed by atoms with Gasteiger partial charge in [-0.15, -0.1) is 0 Å². The van der Waals surface area contributed by atoms with E-state index in [1.807, 2.05) is 0 Å². The van der Waals surface area contributed by atoms with Crippen LogP contribution in [0.3, 0.4) is 0 Å². The molecule has 0 saturated heterocycles. The van der Waals surface area contributed by atoms with Crippen molar-refractivity contribution in [3.8, 4) is 27.9 Å². The molecule has 0 saturated carbocycles. The maximum Gasteiger partial charge on any atom is 0.0583 e. The van der Waals surface area contributed by atoms with Gasteiger partial charge in [0.1, 0.15) is 0 Å². The van der Waals surface area contributed by atoms with Gasteiger partial charge in [0.05, 0.1) is 11.0 Å². The smallest absolute Gasteiger partial charge is 0.0583 e. The summed E-state index contributed by atoms with van der Waals surface area (Å²) in [6, 6.07) is 59.5. The van der Waals surface area contributed by atoms with E-state index >= 15 is 0 Å². The summed E-state index contributed by atoms with van der Waals surface area (Å²) in [4.78, 5) is 2.37. The van der Waals surface area contributed by atoms with Crippen molar-refractivity contribution >= 4 is 38.9 Å². The van der Waals surface area contributed by atoms with Crippen molar-refractivity contribution in [3.05, 3.63) is 180 Å². The zero-order chi connectivity index (χ0) is 30.6. The molecule has 0 N–H and O–H groups in total. The second-order valence-electron chi connectivity index (χ2n) is 12.3. The van der Waals surface area contributed by atoms with Crippen LogP contribution < -0.4 is 4.90 Å². The first-order chi connectivity index (χ1) is 22.7. The number of aromatic nitrogens is 1. The maximum atomic E-state index is 2.48. The molecule has 0 fully saturated rings. The van der Waals surface area contributed by atoms with Gasteiger partial charge in [-0.2, -0.15) is 0 Å². The number of fused-ring (bicyclic) bond motifs is 7. The van der Waals surface area contributed by atoms with Crippen LogP contribution in [0.15, 0.2) is 164 Å². The summed E-state index contributed by atoms with van der Waals surface area (Å²) in [7, 11) is 0. The molecule has 0 aliphatic heterocycles. The molecule has 1 aliphatic carbocycles. The zero-order valence-corrected chi connectivity index (χ0v) is 25.7. The van der Waals surface area contributed by atoms with Crippen LogP contribution in [0.25, 0.3) is 49.7 Å². The summed E-state index contributed by atoms with van der Waals surface area (Å²) in [6.45, 7) is 2.22. The predicted octanol–water partition coefficient (Wildman–Crippen LogP) is 11.8. The summed E-state index contributed by atoms with van der Waals surface area (Å²) in [5.74, 6) is 0. The van der Waals surface area contributed by atoms with Gasteiger partial charge in [0.25, 0.3) is 0 Å². The highest BCUT2D eigenvalue weighted by Gasteiger charge is 2.28. The summed E-state index contributed by atoms with van der Waals surface area (Å²) in [5.41, 5.74) is 16.4. The Morgan fingerprint density at radius 1 is 0.522 bits per heavy atom. The van der Waals surface area contributed by atoms with E-state index in [1.165, 1.54) is 66.4 Å². The minimum atomic E-state index is 0.915. The highest BCUT2D eigenvalue weighted by Crippen LogP contribution is 2.50. The lowest BCUT2D eigenvalue weighted by Crippen LogP contribution is -2.10. The zero-order valence-electron chi connectivity index (χ0n) is 25.7. The Bertz CT molecular complexity index is 2350. The quantitative estimate of drug-likeness (QED) is 0.194. The number of aryl methyl sites for hydroxylation is 1. The molecule has 218 valence electrons. The van der Waals surface area contributed by atoms with E-state index in [0.29, 0.717) is 0 Å². The number of hydrogen-bond donors (Lipinski definition) is 0. The Kier molecular flexibility index (Phi) is 6.14. The molecule has 7 aromatic carbocycles. The van der Waals surface area contributed by atoms with Crippen molar-refractivity contribution in [1.29, 1.82) is 0 Å². The van der Waals surface area contributed by atoms with E-state index in [-0.39, 0.29) is 0 Å². The number of para-hydroxylation sites is 4. The van der Waals surface area contributed by atoms with E-state index in [1.54, 1.807) is 0 Å². The molecule has 0 atom stereocenters. The average Bonchev–Trinajstić information content (AvgIpc) is 3.66. The molecule has 8 aromatic rings. The normalized spacial score (nSPS) is 11.9. The summed E-state index contributed by atoms with van der Waals surface area (Å²) >= 11 is 0. The maximum absolute atomic E-state index is 2.48. The fourth-order valence-electron chi connectivity index (χ4n) is 7.52. The van der Waals surface area contributed by atoms with E-state index in [0.717, 1.165) is 23.5 Å². The lowest BCUT2D eigenvalue weighted by atomic mass is 9.90. The van der Waals surface area contributed by atoms with E-state index < -0.39 is 0 Å². The molecule has 1 heterocycles. The SMILES string of the molecule is Cc1cc(-c2cc3c4ccccc4n(-c4ccccc4)c3c3c2-c2ccccc2C3)cc(N(c2ccccc2)c2ccccc2)c1. The molecule has 0 spiro atoms. The van der Waals surface area contributed by atoms with Gasteiger partial charge in [0.15, 0.2) is 0 Å². The second-order valence-corrected chi connectivity index (χ2v) is 12.3. The third-order valence-electron chi connectivity index (χ3n) is 9.39. The molecular formula is C44H32N2. The van der Waals surface area contributed by atoms with Gasteiger partial charge in [0, 0.05) is 39.9 Å². The first-order valence-electron chi connectivity index (χ1n) is 16.0. The van der Waals surface area contributed by atoms with Crippen LogP contribution in [-0.4, -0.2) is 4.57 Å². The average molecular weight is 589 g/mol. The van der Waals surface area contributed by atoms with Gasteiger partial charge >= 0.3 is 0 Å². The standard InChI is InChI=1S/C44H32N2/c1-30-25-32(27-36(26-30)45(33-16-5-2-6-17-33)34-18-7-3-8-19-34)39-29-40-38-23-13-14-24-42(38)46(35-20-9-4-10-21-35)44(40)41-28-31-15-11-12-22-37(31)43(39)41/h2-27,29H,28H2,1H3. The monoisotopic (exact) mass is 588 g/mol. The molecule has 9 rings (SSSR count). The summed E-state index contributed by atoms with van der Waals surface area (Å²) < 4.78 is 2.48. The first kappa shape index (κ1) is 26.5. The Labute approximate surface area is 269 Å². The van der Waals surface area contributed by atoms with Gasteiger partial charge in [-0.25, -0.2) is 0 Å². The molecule has 0 unspecified atom stereocenters. The van der Waals surface area contributed by atoms with Gasteiger partial charge in [-0.05, 0) is 107 Å². The number of rotatable bonds is 5. The molecule has 1 aliphatic rings. The molecular weight excluding hydrogens is 556 g/mol. The van der Waals surface area contributed by atoms with Crippen LogP contribution in [0.1, 0.15) is 16.7 Å². The van der Waals surface area contributed by atoms with Crippen LogP contribution in [0, 0.1) is 6.92 Å². The van der Waals surface area contributed by atoms with Crippen LogP contribution in [0.2, 0.25) is 0 Å². The Balaban J connectivity index is 1.36. The fourth-order valence-corrected chi connectivity index (χ4v) is 7.52. The van der Waals surface area contributed by atoms with Crippen molar-refractivity contribution in [1.82, 2.24) is 4.57 Å². The Hall–Kier alpha value is -5.86. The summed E-state index contributed by atoms with van der Waals surface area (Å²) in [5, 5.41) is 2.58. The van der Waals surface area contributed by atoms with Gasteiger partial charge in [0.2, 0.25) is 0 Å². The highest BCUT2D eigenvalue weighted by atomic mass is 15.1. The van der Waals surface area contributed by atoms with Crippen LogP contribution in [0.4, 0.5) is 17.1 Å².